The first-order chi connectivity index (χ1) is 17.2. The van der Waals surface area contributed by atoms with Crippen LogP contribution in [0.3, 0.4) is 0 Å². The van der Waals surface area contributed by atoms with E-state index in [-0.39, 0.29) is 17.2 Å². The second-order valence-electron chi connectivity index (χ2n) is 8.07. The van der Waals surface area contributed by atoms with E-state index in [2.05, 4.69) is 15.6 Å². The average molecular weight is 543 g/mol. The Hall–Kier alpha value is -3.33. The van der Waals surface area contributed by atoms with Crippen molar-refractivity contribution in [1.29, 1.82) is 0 Å². The number of carbonyl (C=O) groups is 1. The normalized spacial score (nSPS) is 11.3. The number of fused-ring (bicyclic) bond motifs is 1. The number of amides is 1. The number of carbonyl (C=O) groups excluding carboxylic acids is 1. The Kier molecular flexibility index (Phi) is 7.98. The number of hydrogen-bond donors (Lipinski definition) is 2. The molecule has 4 rings (SSSR count). The lowest BCUT2D eigenvalue weighted by Crippen LogP contribution is -2.30. The molecule has 4 aromatic rings. The summed E-state index contributed by atoms with van der Waals surface area (Å²) in [5.41, 5.74) is 2.98. The third-order valence-corrected chi connectivity index (χ3v) is 7.89. The Morgan fingerprint density at radius 2 is 1.61 bits per heavy atom. The molecule has 36 heavy (non-hydrogen) atoms. The molecule has 3 aromatic carbocycles. The van der Waals surface area contributed by atoms with Gasteiger partial charge in [0.05, 0.1) is 22.5 Å². The second-order valence-corrected chi connectivity index (χ2v) is 10.9. The SMILES string of the molecule is CN(c1ccc(CC(=O)NCCNc2ccnc3cc(Cl)ccc23)cc1)S(=O)(=O)c1ccc(Cl)cc1. The van der Waals surface area contributed by atoms with Gasteiger partial charge in [0.15, 0.2) is 0 Å². The molecule has 0 fully saturated rings. The Labute approximate surface area is 220 Å². The minimum atomic E-state index is -3.72. The van der Waals surface area contributed by atoms with Crippen LogP contribution < -0.4 is 14.9 Å². The van der Waals surface area contributed by atoms with Crippen LogP contribution in [-0.4, -0.2) is 39.4 Å². The van der Waals surface area contributed by atoms with Crippen LogP contribution in [0.1, 0.15) is 5.56 Å². The van der Waals surface area contributed by atoms with Gasteiger partial charge in [-0.2, -0.15) is 0 Å². The lowest BCUT2D eigenvalue weighted by Gasteiger charge is -2.20. The number of benzene rings is 3. The summed E-state index contributed by atoms with van der Waals surface area (Å²) in [6.45, 7) is 0.982. The van der Waals surface area contributed by atoms with Gasteiger partial charge in [-0.3, -0.25) is 14.1 Å². The van der Waals surface area contributed by atoms with Crippen LogP contribution in [0.15, 0.2) is 83.9 Å². The summed E-state index contributed by atoms with van der Waals surface area (Å²) in [4.78, 5) is 16.9. The van der Waals surface area contributed by atoms with Crippen molar-refractivity contribution in [2.75, 3.05) is 29.8 Å². The number of halogens is 2. The molecule has 0 radical (unpaired) electrons. The molecular formula is C26H24Cl2N4O3S. The number of sulfonamides is 1. The molecule has 0 aliphatic heterocycles. The molecule has 0 aliphatic rings. The Morgan fingerprint density at radius 3 is 2.33 bits per heavy atom. The molecule has 0 bridgehead atoms. The fraction of sp³-hybridized carbons (Fsp3) is 0.154. The van der Waals surface area contributed by atoms with E-state index in [1.807, 2.05) is 18.2 Å². The molecule has 1 aromatic heterocycles. The largest absolute Gasteiger partial charge is 0.383 e. The van der Waals surface area contributed by atoms with Crippen LogP contribution in [0, 0.1) is 0 Å². The molecule has 0 unspecified atom stereocenters. The van der Waals surface area contributed by atoms with Gasteiger partial charge in [0.1, 0.15) is 0 Å². The first-order valence-electron chi connectivity index (χ1n) is 11.1. The zero-order valence-corrected chi connectivity index (χ0v) is 21.7. The molecule has 7 nitrogen and oxygen atoms in total. The fourth-order valence-corrected chi connectivity index (χ4v) is 5.14. The molecule has 0 saturated heterocycles. The van der Waals surface area contributed by atoms with Crippen molar-refractivity contribution in [3.8, 4) is 0 Å². The number of aromatic nitrogens is 1. The zero-order chi connectivity index (χ0) is 25.7. The van der Waals surface area contributed by atoms with E-state index < -0.39 is 10.0 Å². The summed E-state index contributed by atoms with van der Waals surface area (Å²) in [6, 6.07) is 20.3. The van der Waals surface area contributed by atoms with Gasteiger partial charge >= 0.3 is 0 Å². The van der Waals surface area contributed by atoms with Gasteiger partial charge in [-0.05, 0) is 66.2 Å². The second kappa shape index (κ2) is 11.2. The van der Waals surface area contributed by atoms with Gasteiger partial charge in [0, 0.05) is 47.5 Å². The minimum absolute atomic E-state index is 0.127. The van der Waals surface area contributed by atoms with Crippen LogP contribution >= 0.6 is 23.2 Å². The quantitative estimate of drug-likeness (QED) is 0.286. The Morgan fingerprint density at radius 1 is 0.917 bits per heavy atom. The van der Waals surface area contributed by atoms with Gasteiger partial charge < -0.3 is 10.6 Å². The third-order valence-electron chi connectivity index (χ3n) is 5.60. The molecule has 186 valence electrons. The van der Waals surface area contributed by atoms with Gasteiger partial charge in [-0.15, -0.1) is 0 Å². The number of nitrogens with one attached hydrogen (secondary N) is 2. The van der Waals surface area contributed by atoms with E-state index in [9.17, 15) is 13.2 Å². The summed E-state index contributed by atoms with van der Waals surface area (Å²) in [5.74, 6) is -0.127. The van der Waals surface area contributed by atoms with Crippen LogP contribution in [0.25, 0.3) is 10.9 Å². The number of anilines is 2. The Balaban J connectivity index is 1.29. The maximum Gasteiger partial charge on any atom is 0.264 e. The maximum absolute atomic E-state index is 12.8. The summed E-state index contributed by atoms with van der Waals surface area (Å²) in [5, 5.41) is 8.25. The van der Waals surface area contributed by atoms with Crippen molar-refractivity contribution in [1.82, 2.24) is 10.3 Å². The van der Waals surface area contributed by atoms with E-state index in [0.717, 1.165) is 22.2 Å². The first kappa shape index (κ1) is 25.8. The molecule has 0 aliphatic carbocycles. The minimum Gasteiger partial charge on any atom is -0.383 e. The predicted octanol–water partition coefficient (Wildman–Crippen LogP) is 5.14. The van der Waals surface area contributed by atoms with Crippen LogP contribution in [-0.2, 0) is 21.2 Å². The van der Waals surface area contributed by atoms with Crippen molar-refractivity contribution >= 4 is 61.4 Å². The molecule has 2 N–H and O–H groups in total. The molecular weight excluding hydrogens is 519 g/mol. The number of rotatable bonds is 9. The van der Waals surface area contributed by atoms with Crippen LogP contribution in [0.4, 0.5) is 11.4 Å². The number of pyridine rings is 1. The predicted molar refractivity (Wildman–Crippen MR) is 145 cm³/mol. The summed E-state index contributed by atoms with van der Waals surface area (Å²) < 4.78 is 26.9. The highest BCUT2D eigenvalue weighted by Gasteiger charge is 2.21. The summed E-state index contributed by atoms with van der Waals surface area (Å²) >= 11 is 11.9. The van der Waals surface area contributed by atoms with E-state index in [1.54, 1.807) is 36.5 Å². The monoisotopic (exact) mass is 542 g/mol. The Bertz CT molecular complexity index is 1480. The molecule has 1 amide bonds. The highest BCUT2D eigenvalue weighted by molar-refractivity contribution is 7.92. The van der Waals surface area contributed by atoms with Crippen molar-refractivity contribution < 1.29 is 13.2 Å². The highest BCUT2D eigenvalue weighted by atomic mass is 35.5. The lowest BCUT2D eigenvalue weighted by molar-refractivity contribution is -0.120. The van der Waals surface area contributed by atoms with Crippen molar-refractivity contribution in [2.45, 2.75) is 11.3 Å². The molecule has 1 heterocycles. The van der Waals surface area contributed by atoms with Gasteiger partial charge in [-0.1, -0.05) is 35.3 Å². The molecule has 10 heteroatoms. The zero-order valence-electron chi connectivity index (χ0n) is 19.4. The van der Waals surface area contributed by atoms with E-state index in [0.29, 0.717) is 28.8 Å². The van der Waals surface area contributed by atoms with Gasteiger partial charge in [0.25, 0.3) is 10.0 Å². The molecule has 0 atom stereocenters. The summed E-state index contributed by atoms with van der Waals surface area (Å²) in [6.07, 6.45) is 1.89. The van der Waals surface area contributed by atoms with E-state index in [4.69, 9.17) is 23.2 Å². The van der Waals surface area contributed by atoms with Gasteiger partial charge in [0.2, 0.25) is 5.91 Å². The van der Waals surface area contributed by atoms with Crippen molar-refractivity contribution in [2.24, 2.45) is 0 Å². The topological polar surface area (TPSA) is 91.4 Å². The van der Waals surface area contributed by atoms with Crippen molar-refractivity contribution in [3.63, 3.8) is 0 Å². The molecule has 0 spiro atoms. The van der Waals surface area contributed by atoms with Crippen LogP contribution in [0.2, 0.25) is 10.0 Å². The number of hydrogen-bond acceptors (Lipinski definition) is 5. The lowest BCUT2D eigenvalue weighted by atomic mass is 10.1. The van der Waals surface area contributed by atoms with Crippen LogP contribution in [0.5, 0.6) is 0 Å². The van der Waals surface area contributed by atoms with Gasteiger partial charge in [-0.25, -0.2) is 8.42 Å². The van der Waals surface area contributed by atoms with E-state index >= 15 is 0 Å². The fourth-order valence-electron chi connectivity index (χ4n) is 3.65. The molecule has 0 saturated carbocycles. The number of nitrogens with zero attached hydrogens (tertiary/aromatic N) is 2. The standard InChI is InChI=1S/C26H24Cl2N4O3S/c1-32(36(34,35)22-9-4-19(27)5-10-22)21-7-2-18(3-8-21)16-26(33)31-15-14-30-24-12-13-29-25-17-20(28)6-11-23(24)25/h2-13,17H,14-16H2,1H3,(H,29,30)(H,31,33). The smallest absolute Gasteiger partial charge is 0.264 e. The summed E-state index contributed by atoms with van der Waals surface area (Å²) in [7, 11) is -2.24. The third kappa shape index (κ3) is 6.07. The van der Waals surface area contributed by atoms with E-state index in [1.165, 1.54) is 35.6 Å². The average Bonchev–Trinajstić information content (AvgIpc) is 2.86. The first-order valence-corrected chi connectivity index (χ1v) is 13.3. The highest BCUT2D eigenvalue weighted by Crippen LogP contribution is 2.25. The van der Waals surface area contributed by atoms with Crippen molar-refractivity contribution in [3.05, 3.63) is 94.6 Å². The maximum atomic E-state index is 12.8.